The number of hydrogen-bond donors (Lipinski definition) is 0. The van der Waals surface area contributed by atoms with E-state index < -0.39 is 42.2 Å². The van der Waals surface area contributed by atoms with Gasteiger partial charge in [0, 0.05) is 25.8 Å². The molecule has 1 aliphatic rings. The summed E-state index contributed by atoms with van der Waals surface area (Å²) >= 11 is 7.68. The fourth-order valence-corrected chi connectivity index (χ4v) is 8.29. The zero-order valence-electron chi connectivity index (χ0n) is 23.6. The second kappa shape index (κ2) is 12.6. The quantitative estimate of drug-likeness (QED) is 0.118. The number of halogens is 2. The van der Waals surface area contributed by atoms with Crippen LogP contribution >= 0.6 is 34.2 Å². The molecule has 3 atom stereocenters. The Hall–Kier alpha value is -1.80. The molecule has 2 heterocycles. The van der Waals surface area contributed by atoms with E-state index in [4.69, 9.17) is 20.8 Å². The Morgan fingerprint density at radius 3 is 2.52 bits per heavy atom. The summed E-state index contributed by atoms with van der Waals surface area (Å²) in [5.74, 6) is -1.39. The normalized spacial score (nSPS) is 19.4. The average Bonchev–Trinajstić information content (AvgIpc) is 2.84. The maximum Gasteiger partial charge on any atom is 0.326 e. The van der Waals surface area contributed by atoms with Crippen molar-refractivity contribution in [3.8, 4) is 0 Å². The van der Waals surface area contributed by atoms with Gasteiger partial charge in [0.15, 0.2) is 13.3 Å². The van der Waals surface area contributed by atoms with Gasteiger partial charge in [0.1, 0.15) is 13.2 Å². The molecule has 3 rings (SSSR count). The molecule has 40 heavy (non-hydrogen) atoms. The van der Waals surface area contributed by atoms with E-state index in [0.29, 0.717) is 9.10 Å². The first-order chi connectivity index (χ1) is 18.4. The van der Waals surface area contributed by atoms with Crippen molar-refractivity contribution in [3.63, 3.8) is 0 Å². The van der Waals surface area contributed by atoms with Crippen LogP contribution in [-0.4, -0.2) is 63.8 Å². The highest BCUT2D eigenvalue weighted by Crippen LogP contribution is 2.42. The molecular formula is C28H36ClIN2O6SSi. The van der Waals surface area contributed by atoms with Crippen LogP contribution in [0.1, 0.15) is 34.1 Å². The van der Waals surface area contributed by atoms with Gasteiger partial charge in [-0.25, -0.2) is 13.4 Å². The summed E-state index contributed by atoms with van der Waals surface area (Å²) in [7, 11) is -6.07. The second-order valence-electron chi connectivity index (χ2n) is 11.5. The minimum atomic E-state index is -3.86. The number of sulfone groups is 1. The van der Waals surface area contributed by atoms with E-state index in [1.54, 1.807) is 18.2 Å². The van der Waals surface area contributed by atoms with Crippen molar-refractivity contribution < 1.29 is 27.2 Å². The van der Waals surface area contributed by atoms with E-state index in [-0.39, 0.29) is 40.6 Å². The smallest absolute Gasteiger partial charge is 0.326 e. The van der Waals surface area contributed by atoms with Crippen LogP contribution in [0.2, 0.25) is 18.1 Å². The monoisotopic (exact) mass is 718 g/mol. The van der Waals surface area contributed by atoms with Gasteiger partial charge in [-0.15, -0.1) is 0 Å². The highest BCUT2D eigenvalue weighted by atomic mass is 127. The van der Waals surface area contributed by atoms with Crippen LogP contribution < -0.4 is 0 Å². The number of esters is 1. The van der Waals surface area contributed by atoms with Crippen molar-refractivity contribution in [3.05, 3.63) is 57.0 Å². The van der Waals surface area contributed by atoms with Gasteiger partial charge < -0.3 is 14.1 Å². The molecule has 0 radical (unpaired) electrons. The van der Waals surface area contributed by atoms with E-state index >= 15 is 0 Å². The summed E-state index contributed by atoms with van der Waals surface area (Å²) in [6.07, 6.45) is -0.193. The number of nitrogens with zero attached hydrogens (tertiary/aromatic N) is 2. The van der Waals surface area contributed by atoms with E-state index in [0.717, 1.165) is 5.39 Å². The second-order valence-corrected chi connectivity index (χ2v) is 19.9. The van der Waals surface area contributed by atoms with E-state index in [1.165, 1.54) is 16.4 Å². The number of likely N-dealkylation sites (tertiary alicyclic amines) is 1. The summed E-state index contributed by atoms with van der Waals surface area (Å²) in [5.41, 5.74) is 0.581. The van der Waals surface area contributed by atoms with E-state index in [2.05, 4.69) is 45.4 Å². The predicted octanol–water partition coefficient (Wildman–Crippen LogP) is 6.21. The number of carbonyl (C=O) groups is 2. The van der Waals surface area contributed by atoms with Crippen LogP contribution in [0, 0.1) is 5.92 Å². The van der Waals surface area contributed by atoms with Crippen LogP contribution in [0.4, 0.5) is 0 Å². The van der Waals surface area contributed by atoms with Gasteiger partial charge in [-0.3, -0.25) is 9.59 Å². The molecule has 2 aromatic rings. The van der Waals surface area contributed by atoms with Crippen molar-refractivity contribution in [1.29, 1.82) is 0 Å². The minimum absolute atomic E-state index is 0.0574. The molecule has 0 saturated carbocycles. The number of hydrogen-bond acceptors (Lipinski definition) is 7. The van der Waals surface area contributed by atoms with Gasteiger partial charge in [-0.1, -0.05) is 57.2 Å². The third-order valence-electron chi connectivity index (χ3n) is 7.42. The largest absolute Gasteiger partial charge is 0.459 e. The third-order valence-corrected chi connectivity index (χ3v) is 14.7. The molecule has 0 spiro atoms. The zero-order chi connectivity index (χ0) is 30.0. The first-order valence-corrected chi connectivity index (χ1v) is 18.8. The summed E-state index contributed by atoms with van der Waals surface area (Å²) < 4.78 is 38.6. The van der Waals surface area contributed by atoms with Crippen LogP contribution in [0.5, 0.6) is 0 Å². The lowest BCUT2D eigenvalue weighted by Gasteiger charge is -2.51. The maximum absolute atomic E-state index is 13.3. The molecule has 1 fully saturated rings. The molecule has 0 unspecified atom stereocenters. The lowest BCUT2D eigenvalue weighted by Crippen LogP contribution is -2.66. The lowest BCUT2D eigenvalue weighted by atomic mass is 9.81. The number of pyridine rings is 1. The Balaban J connectivity index is 1.86. The Morgan fingerprint density at radius 1 is 1.25 bits per heavy atom. The number of benzene rings is 1. The van der Waals surface area contributed by atoms with E-state index in [1.807, 2.05) is 41.6 Å². The molecule has 218 valence electrons. The molecule has 0 bridgehead atoms. The molecule has 1 aromatic heterocycles. The standard InChI is InChI=1S/C28H36ClIN2O6SSi/c1-18(29)16-37-25(33)15-32-23(26(27(32)34)19(2)38-40(6,7)28(3,4)5)14-21(30)17-39(35,36)24-13-12-20-10-8-9-11-22(20)31-24/h8-13,17,19,23,26H,1,14-16H2,2-7H3/t19-,23-,26+/m1/s1. The maximum atomic E-state index is 13.3. The summed E-state index contributed by atoms with van der Waals surface area (Å²) in [6, 6.07) is 10.0. The van der Waals surface area contributed by atoms with Crippen molar-refractivity contribution >= 4 is 75.1 Å². The van der Waals surface area contributed by atoms with Crippen LogP contribution in [0.3, 0.4) is 0 Å². The highest BCUT2D eigenvalue weighted by molar-refractivity contribution is 14.1. The van der Waals surface area contributed by atoms with Crippen molar-refractivity contribution in [2.24, 2.45) is 5.92 Å². The molecule has 0 aliphatic carbocycles. The Labute approximate surface area is 256 Å². The lowest BCUT2D eigenvalue weighted by molar-refractivity contribution is -0.169. The Morgan fingerprint density at radius 2 is 1.90 bits per heavy atom. The predicted molar refractivity (Wildman–Crippen MR) is 168 cm³/mol. The number of carbonyl (C=O) groups excluding carboxylic acids is 2. The number of β-lactam (4-membered cyclic amide) rings is 1. The van der Waals surface area contributed by atoms with Crippen molar-refractivity contribution in [2.45, 2.75) is 69.4 Å². The van der Waals surface area contributed by atoms with Gasteiger partial charge in [0.25, 0.3) is 0 Å². The first-order valence-electron chi connectivity index (χ1n) is 12.9. The highest BCUT2D eigenvalue weighted by Gasteiger charge is 2.53. The minimum Gasteiger partial charge on any atom is -0.459 e. The summed E-state index contributed by atoms with van der Waals surface area (Å²) in [5, 5.41) is 2.06. The zero-order valence-corrected chi connectivity index (χ0v) is 28.3. The molecule has 12 heteroatoms. The van der Waals surface area contributed by atoms with Gasteiger partial charge in [0.05, 0.1) is 23.6 Å². The van der Waals surface area contributed by atoms with Crippen LogP contribution in [0.15, 0.2) is 62.0 Å². The fraction of sp³-hybridized carbons (Fsp3) is 0.464. The Bertz CT molecular complexity index is 1440. The van der Waals surface area contributed by atoms with Crippen molar-refractivity contribution in [1.82, 2.24) is 9.88 Å². The van der Waals surface area contributed by atoms with Crippen LogP contribution in [-0.2, 0) is 28.6 Å². The van der Waals surface area contributed by atoms with Gasteiger partial charge in [0.2, 0.25) is 15.7 Å². The van der Waals surface area contributed by atoms with Crippen LogP contribution in [0.25, 0.3) is 10.9 Å². The summed E-state index contributed by atoms with van der Waals surface area (Å²) in [4.78, 5) is 31.5. The summed E-state index contributed by atoms with van der Waals surface area (Å²) in [6.45, 7) is 15.5. The van der Waals surface area contributed by atoms with Gasteiger partial charge >= 0.3 is 5.97 Å². The number of aromatic nitrogens is 1. The van der Waals surface area contributed by atoms with Crippen molar-refractivity contribution in [2.75, 3.05) is 13.2 Å². The molecule has 1 aromatic carbocycles. The number of rotatable bonds is 11. The SMILES string of the molecule is C=C(Cl)COC(=O)CN1C(=O)[C@@H]([C@@H](C)O[Si](C)(C)C(C)(C)C)[C@H]1CC(I)=CS(=O)(=O)c1ccc2ccccc2n1. The average molecular weight is 719 g/mol. The molecule has 1 amide bonds. The molecule has 0 N–H and O–H groups in total. The van der Waals surface area contributed by atoms with E-state index in [9.17, 15) is 18.0 Å². The van der Waals surface area contributed by atoms with Gasteiger partial charge in [-0.05, 0) is 65.8 Å². The number of fused-ring (bicyclic) bond motifs is 1. The topological polar surface area (TPSA) is 103 Å². The number of para-hydroxylation sites is 1. The molecule has 8 nitrogen and oxygen atoms in total. The third kappa shape index (κ3) is 7.72. The molecule has 1 aliphatic heterocycles. The number of amides is 1. The Kier molecular flexibility index (Phi) is 10.3. The van der Waals surface area contributed by atoms with Gasteiger partial charge in [-0.2, -0.15) is 0 Å². The fourth-order valence-electron chi connectivity index (χ4n) is 4.32. The molecule has 1 saturated heterocycles. The number of ether oxygens (including phenoxy) is 1. The molecular weight excluding hydrogens is 683 g/mol. The first kappa shape index (κ1) is 32.7.